The van der Waals surface area contributed by atoms with Crippen LogP contribution in [0.1, 0.15) is 0 Å². The number of hydrogen-bond acceptors (Lipinski definition) is 0. The first-order chi connectivity index (χ1) is 8.27. The van der Waals surface area contributed by atoms with Crippen molar-refractivity contribution in [2.24, 2.45) is 0 Å². The maximum absolute atomic E-state index is 5.98. The fraction of sp³-hybridized carbons (Fsp3) is 0.143. The van der Waals surface area contributed by atoms with Crippen LogP contribution in [0.4, 0.5) is 0 Å². The zero-order valence-electron chi connectivity index (χ0n) is 9.39. The molecule has 0 unspecified atom stereocenters. The monoisotopic (exact) mass is 328 g/mol. The summed E-state index contributed by atoms with van der Waals surface area (Å²) in [4.78, 5) is -0.264. The van der Waals surface area contributed by atoms with Crippen LogP contribution in [0.15, 0.2) is 60.7 Å². The van der Waals surface area contributed by atoms with Crippen LogP contribution < -0.4 is 8.70 Å². The molecular formula is C14H15AsCl2. The Bertz CT molecular complexity index is 403. The summed E-state index contributed by atoms with van der Waals surface area (Å²) < 4.78 is 2.88. The van der Waals surface area contributed by atoms with Crippen LogP contribution in [0.2, 0.25) is 5.21 Å². The minimum atomic E-state index is -1.81. The van der Waals surface area contributed by atoms with E-state index < -0.39 is 14.7 Å². The van der Waals surface area contributed by atoms with Gasteiger partial charge >= 0.3 is 117 Å². The van der Waals surface area contributed by atoms with Gasteiger partial charge < -0.3 is 0 Å². The van der Waals surface area contributed by atoms with E-state index in [0.717, 1.165) is 5.21 Å². The van der Waals surface area contributed by atoms with Crippen LogP contribution >= 0.6 is 23.2 Å². The normalized spacial score (nSPS) is 11.6. The van der Waals surface area contributed by atoms with Crippen molar-refractivity contribution in [2.45, 2.75) is 10.0 Å². The molecule has 0 aromatic heterocycles. The molecule has 2 aromatic carbocycles. The Morgan fingerprint density at radius 3 is 1.53 bits per heavy atom. The van der Waals surface area contributed by atoms with Crippen molar-refractivity contribution >= 4 is 46.6 Å². The van der Waals surface area contributed by atoms with E-state index in [0.29, 0.717) is 0 Å². The van der Waals surface area contributed by atoms with Gasteiger partial charge in [-0.05, 0) is 0 Å². The molecule has 0 amide bonds. The molecule has 0 saturated heterocycles. The first-order valence-corrected chi connectivity index (χ1v) is 10.7. The van der Waals surface area contributed by atoms with Crippen LogP contribution in [0, 0.1) is 0 Å². The van der Waals surface area contributed by atoms with Gasteiger partial charge in [-0.1, -0.05) is 0 Å². The topological polar surface area (TPSA) is 0 Å². The summed E-state index contributed by atoms with van der Waals surface area (Å²) >= 11 is 10.2. The van der Waals surface area contributed by atoms with E-state index in [1.807, 2.05) is 12.1 Å². The molecule has 0 radical (unpaired) electrons. The van der Waals surface area contributed by atoms with Crippen molar-refractivity contribution in [3.8, 4) is 0 Å². The second kappa shape index (κ2) is 6.49. The third-order valence-electron chi connectivity index (χ3n) is 2.82. The van der Waals surface area contributed by atoms with Crippen molar-refractivity contribution in [1.82, 2.24) is 0 Å². The third-order valence-corrected chi connectivity index (χ3v) is 11.4. The molecule has 0 atom stereocenters. The Hall–Kier alpha value is -0.422. The number of benzene rings is 2. The van der Waals surface area contributed by atoms with E-state index >= 15 is 0 Å². The zero-order valence-corrected chi connectivity index (χ0v) is 13.3. The molecule has 0 aliphatic carbocycles. The van der Waals surface area contributed by atoms with Gasteiger partial charge in [-0.15, -0.1) is 0 Å². The van der Waals surface area contributed by atoms with E-state index in [9.17, 15) is 0 Å². The molecule has 0 spiro atoms. The number of hydrogen-bond donors (Lipinski definition) is 0. The fourth-order valence-corrected chi connectivity index (χ4v) is 9.44. The zero-order chi connectivity index (χ0) is 12.1. The summed E-state index contributed by atoms with van der Waals surface area (Å²) in [6.07, 6.45) is 0. The van der Waals surface area contributed by atoms with Crippen LogP contribution in [0.5, 0.6) is 0 Å². The molecule has 3 heteroatoms. The predicted octanol–water partition coefficient (Wildman–Crippen LogP) is 2.56. The van der Waals surface area contributed by atoms with Crippen LogP contribution in [-0.2, 0) is 0 Å². The van der Waals surface area contributed by atoms with Crippen LogP contribution in [-0.4, -0.2) is 19.5 Å². The van der Waals surface area contributed by atoms with Crippen LogP contribution in [0.3, 0.4) is 0 Å². The Balaban J connectivity index is 2.32. The van der Waals surface area contributed by atoms with E-state index in [1.165, 1.54) is 8.70 Å². The van der Waals surface area contributed by atoms with Gasteiger partial charge in [0.2, 0.25) is 0 Å². The van der Waals surface area contributed by atoms with E-state index in [4.69, 9.17) is 23.2 Å². The molecule has 0 fully saturated rings. The van der Waals surface area contributed by atoms with Gasteiger partial charge in [-0.25, -0.2) is 0 Å². The first-order valence-electron chi connectivity index (χ1n) is 5.65. The minimum absolute atomic E-state index is 0.264. The Labute approximate surface area is 117 Å². The average molecular weight is 329 g/mol. The van der Waals surface area contributed by atoms with Crippen LogP contribution in [0.25, 0.3) is 0 Å². The number of halogens is 2. The summed E-state index contributed by atoms with van der Waals surface area (Å²) in [6, 6.07) is 21.3. The molecule has 17 heavy (non-hydrogen) atoms. The van der Waals surface area contributed by atoms with Gasteiger partial charge in [0.25, 0.3) is 0 Å². The Morgan fingerprint density at radius 1 is 0.765 bits per heavy atom. The molecule has 90 valence electrons. The van der Waals surface area contributed by atoms with Gasteiger partial charge in [0.05, 0.1) is 0 Å². The summed E-state index contributed by atoms with van der Waals surface area (Å²) in [5, 5.41) is 0.921. The van der Waals surface area contributed by atoms with Gasteiger partial charge in [0, 0.05) is 0 Å². The summed E-state index contributed by atoms with van der Waals surface area (Å²) in [7, 11) is 0. The molecular weight excluding hydrogens is 314 g/mol. The van der Waals surface area contributed by atoms with E-state index in [-0.39, 0.29) is 4.84 Å². The molecule has 0 nitrogen and oxygen atoms in total. The second-order valence-corrected chi connectivity index (χ2v) is 11.4. The standard InChI is InChI=1S/C14H15AsCl2/c16-14(17)11-15(12-7-3-1-4-8-12)13-9-5-2-6-10-13/h1-10,14H,11,15H2. The summed E-state index contributed by atoms with van der Waals surface area (Å²) in [6.45, 7) is 0. The van der Waals surface area contributed by atoms with Gasteiger partial charge in [0.15, 0.2) is 0 Å². The van der Waals surface area contributed by atoms with Gasteiger partial charge in [0.1, 0.15) is 0 Å². The van der Waals surface area contributed by atoms with Crippen molar-refractivity contribution in [3.63, 3.8) is 0 Å². The molecule has 2 aromatic rings. The predicted molar refractivity (Wildman–Crippen MR) is 81.0 cm³/mol. The molecule has 0 aliphatic rings. The van der Waals surface area contributed by atoms with Gasteiger partial charge in [-0.3, -0.25) is 0 Å². The SMILES string of the molecule is ClC(Cl)C[AsH2](c1ccccc1)c1ccccc1. The maximum atomic E-state index is 5.98. The molecule has 2 rings (SSSR count). The molecule has 0 N–H and O–H groups in total. The molecule has 0 aliphatic heterocycles. The Kier molecular flexibility index (Phi) is 4.97. The third kappa shape index (κ3) is 3.78. The van der Waals surface area contributed by atoms with Crippen molar-refractivity contribution < 1.29 is 0 Å². The van der Waals surface area contributed by atoms with Crippen molar-refractivity contribution in [2.75, 3.05) is 0 Å². The van der Waals surface area contributed by atoms with Gasteiger partial charge in [-0.2, -0.15) is 0 Å². The molecule has 0 bridgehead atoms. The second-order valence-electron chi connectivity index (χ2n) is 4.00. The number of alkyl halides is 2. The van der Waals surface area contributed by atoms with Crippen molar-refractivity contribution in [3.05, 3.63) is 60.7 Å². The molecule has 0 heterocycles. The summed E-state index contributed by atoms with van der Waals surface area (Å²) in [5.41, 5.74) is 0. The average Bonchev–Trinajstić information content (AvgIpc) is 2.38. The first kappa shape index (κ1) is 13.0. The Morgan fingerprint density at radius 2 is 1.18 bits per heavy atom. The number of rotatable bonds is 4. The van der Waals surface area contributed by atoms with E-state index in [2.05, 4.69) is 48.5 Å². The molecule has 0 saturated carbocycles. The van der Waals surface area contributed by atoms with Crippen molar-refractivity contribution in [1.29, 1.82) is 0 Å². The summed E-state index contributed by atoms with van der Waals surface area (Å²) in [5.74, 6) is 0. The van der Waals surface area contributed by atoms with E-state index in [1.54, 1.807) is 0 Å². The quantitative estimate of drug-likeness (QED) is 0.597. The fourth-order valence-electron chi connectivity index (χ4n) is 2.01.